The fourth-order valence-corrected chi connectivity index (χ4v) is 1.94. The van der Waals surface area contributed by atoms with Crippen LogP contribution in [0.3, 0.4) is 0 Å². The van der Waals surface area contributed by atoms with Gasteiger partial charge in [0.2, 0.25) is 5.91 Å². The average Bonchev–Trinajstić information content (AvgIpc) is 2.13. The van der Waals surface area contributed by atoms with E-state index in [0.29, 0.717) is 6.42 Å². The van der Waals surface area contributed by atoms with Gasteiger partial charge in [0, 0.05) is 18.7 Å². The third kappa shape index (κ3) is 4.31. The van der Waals surface area contributed by atoms with E-state index < -0.39 is 0 Å². The van der Waals surface area contributed by atoms with Crippen LogP contribution in [0.15, 0.2) is 4.99 Å². The van der Waals surface area contributed by atoms with Gasteiger partial charge in [-0.25, -0.2) is 0 Å². The fourth-order valence-electron chi connectivity index (χ4n) is 1.09. The fraction of sp³-hybridized carbons (Fsp3) is 0.778. The topological polar surface area (TPSA) is 41.5 Å². The Hall–Kier alpha value is -0.510. The number of unbranched alkanes of at least 4 members (excludes halogenated alkanes) is 2. The largest absolute Gasteiger partial charge is 0.305 e. The molecule has 1 amide bonds. The van der Waals surface area contributed by atoms with Crippen LogP contribution in [0, 0.1) is 0 Å². The van der Waals surface area contributed by atoms with Crippen LogP contribution in [-0.4, -0.2) is 23.4 Å². The first-order valence-corrected chi connectivity index (χ1v) is 5.78. The van der Waals surface area contributed by atoms with Crippen LogP contribution in [-0.2, 0) is 4.79 Å². The standard InChI is InChI=1S/C9H16N2OS/c1-2-3-4-6-10-9-11-8(12)5-7-13-9/h2-7H2,1H3,(H,10,11,12). The Morgan fingerprint density at radius 2 is 2.38 bits per heavy atom. The minimum Gasteiger partial charge on any atom is -0.305 e. The van der Waals surface area contributed by atoms with Gasteiger partial charge in [-0.15, -0.1) is 0 Å². The molecule has 1 aliphatic heterocycles. The molecule has 13 heavy (non-hydrogen) atoms. The van der Waals surface area contributed by atoms with Crippen LogP contribution in [0.4, 0.5) is 0 Å². The van der Waals surface area contributed by atoms with Crippen molar-refractivity contribution in [1.82, 2.24) is 5.32 Å². The number of hydrogen-bond donors (Lipinski definition) is 1. The summed E-state index contributed by atoms with van der Waals surface area (Å²) in [5, 5.41) is 3.58. The van der Waals surface area contributed by atoms with Crippen LogP contribution in [0.25, 0.3) is 0 Å². The van der Waals surface area contributed by atoms with E-state index in [9.17, 15) is 4.79 Å². The zero-order chi connectivity index (χ0) is 9.52. The van der Waals surface area contributed by atoms with E-state index in [0.717, 1.165) is 23.9 Å². The second-order valence-electron chi connectivity index (χ2n) is 3.04. The Labute approximate surface area is 83.4 Å². The summed E-state index contributed by atoms with van der Waals surface area (Å²) < 4.78 is 0. The highest BCUT2D eigenvalue weighted by Gasteiger charge is 2.12. The number of amides is 1. The van der Waals surface area contributed by atoms with Gasteiger partial charge in [-0.2, -0.15) is 0 Å². The van der Waals surface area contributed by atoms with Crippen molar-refractivity contribution in [2.75, 3.05) is 12.3 Å². The molecule has 1 rings (SSSR count). The first-order valence-electron chi connectivity index (χ1n) is 4.80. The maximum Gasteiger partial charge on any atom is 0.226 e. The molecular formula is C9H16N2OS. The zero-order valence-electron chi connectivity index (χ0n) is 8.01. The van der Waals surface area contributed by atoms with Gasteiger partial charge in [-0.05, 0) is 6.42 Å². The van der Waals surface area contributed by atoms with Crippen LogP contribution in [0.1, 0.15) is 32.6 Å². The number of rotatable bonds is 4. The van der Waals surface area contributed by atoms with Gasteiger partial charge in [0.25, 0.3) is 0 Å². The van der Waals surface area contributed by atoms with E-state index in [2.05, 4.69) is 17.2 Å². The van der Waals surface area contributed by atoms with Crippen LogP contribution in [0.2, 0.25) is 0 Å². The second kappa shape index (κ2) is 6.02. The summed E-state index contributed by atoms with van der Waals surface area (Å²) >= 11 is 1.64. The first kappa shape index (κ1) is 10.6. The van der Waals surface area contributed by atoms with Gasteiger partial charge < -0.3 is 5.32 Å². The van der Waals surface area contributed by atoms with Crippen molar-refractivity contribution in [1.29, 1.82) is 0 Å². The number of nitrogens with zero attached hydrogens (tertiary/aromatic N) is 1. The lowest BCUT2D eigenvalue weighted by molar-refractivity contribution is -0.119. The molecule has 3 nitrogen and oxygen atoms in total. The van der Waals surface area contributed by atoms with Crippen molar-refractivity contribution in [3.63, 3.8) is 0 Å². The van der Waals surface area contributed by atoms with Gasteiger partial charge in [0.05, 0.1) is 0 Å². The molecule has 1 aliphatic rings. The number of carbonyl (C=O) groups excluding carboxylic acids is 1. The molecule has 0 atom stereocenters. The first-order chi connectivity index (χ1) is 6.33. The summed E-state index contributed by atoms with van der Waals surface area (Å²) in [5.41, 5.74) is 0. The summed E-state index contributed by atoms with van der Waals surface area (Å²) in [6.07, 6.45) is 4.18. The molecule has 0 radical (unpaired) electrons. The van der Waals surface area contributed by atoms with E-state index in [1.54, 1.807) is 11.8 Å². The summed E-state index contributed by atoms with van der Waals surface area (Å²) in [6.45, 7) is 3.01. The molecule has 1 heterocycles. The predicted molar refractivity (Wildman–Crippen MR) is 57.0 cm³/mol. The highest BCUT2D eigenvalue weighted by molar-refractivity contribution is 8.14. The van der Waals surface area contributed by atoms with Gasteiger partial charge >= 0.3 is 0 Å². The number of thioether (sulfide) groups is 1. The maximum atomic E-state index is 11.0. The Balaban J connectivity index is 2.21. The number of aliphatic imine (C=N–C) groups is 1. The third-order valence-electron chi connectivity index (χ3n) is 1.83. The van der Waals surface area contributed by atoms with Crippen molar-refractivity contribution in [2.24, 2.45) is 4.99 Å². The molecule has 0 bridgehead atoms. The lowest BCUT2D eigenvalue weighted by Gasteiger charge is -2.12. The maximum absolute atomic E-state index is 11.0. The molecule has 74 valence electrons. The summed E-state index contributed by atoms with van der Waals surface area (Å²) in [7, 11) is 0. The summed E-state index contributed by atoms with van der Waals surface area (Å²) in [6, 6.07) is 0. The average molecular weight is 200 g/mol. The number of hydrogen-bond acceptors (Lipinski definition) is 3. The quantitative estimate of drug-likeness (QED) is 0.703. The molecule has 1 saturated heterocycles. The van der Waals surface area contributed by atoms with Gasteiger partial charge in [-0.3, -0.25) is 9.79 Å². The second-order valence-corrected chi connectivity index (χ2v) is 4.12. The van der Waals surface area contributed by atoms with E-state index in [1.165, 1.54) is 12.8 Å². The molecule has 0 aromatic carbocycles. The number of amidine groups is 1. The lowest BCUT2D eigenvalue weighted by atomic mass is 10.2. The SMILES string of the molecule is CCCCC/N=C1/NC(=O)CCS1. The smallest absolute Gasteiger partial charge is 0.226 e. The minimum atomic E-state index is 0.105. The zero-order valence-corrected chi connectivity index (χ0v) is 8.82. The molecular weight excluding hydrogens is 184 g/mol. The van der Waals surface area contributed by atoms with Crippen molar-refractivity contribution in [3.05, 3.63) is 0 Å². The molecule has 4 heteroatoms. The monoisotopic (exact) mass is 200 g/mol. The highest BCUT2D eigenvalue weighted by Crippen LogP contribution is 2.10. The molecule has 1 fully saturated rings. The Kier molecular flexibility index (Phi) is 4.90. The molecule has 0 spiro atoms. The van der Waals surface area contributed by atoms with Crippen LogP contribution >= 0.6 is 11.8 Å². The van der Waals surface area contributed by atoms with E-state index in [4.69, 9.17) is 0 Å². The summed E-state index contributed by atoms with van der Waals surface area (Å²) in [5.74, 6) is 0.978. The highest BCUT2D eigenvalue weighted by atomic mass is 32.2. The van der Waals surface area contributed by atoms with Crippen molar-refractivity contribution in [3.8, 4) is 0 Å². The number of nitrogens with one attached hydrogen (secondary N) is 1. The molecule has 0 aliphatic carbocycles. The van der Waals surface area contributed by atoms with Crippen LogP contribution in [0.5, 0.6) is 0 Å². The molecule has 0 aromatic heterocycles. The van der Waals surface area contributed by atoms with Gasteiger partial charge in [0.1, 0.15) is 0 Å². The van der Waals surface area contributed by atoms with E-state index >= 15 is 0 Å². The molecule has 0 saturated carbocycles. The summed E-state index contributed by atoms with van der Waals surface area (Å²) in [4.78, 5) is 15.3. The number of carbonyl (C=O) groups is 1. The third-order valence-corrected chi connectivity index (χ3v) is 2.74. The molecule has 0 unspecified atom stereocenters. The molecule has 0 aromatic rings. The van der Waals surface area contributed by atoms with E-state index in [1.807, 2.05) is 0 Å². The van der Waals surface area contributed by atoms with Crippen molar-refractivity contribution >= 4 is 22.8 Å². The van der Waals surface area contributed by atoms with Crippen LogP contribution < -0.4 is 5.32 Å². The van der Waals surface area contributed by atoms with Gasteiger partial charge in [0.15, 0.2) is 5.17 Å². The van der Waals surface area contributed by atoms with Gasteiger partial charge in [-0.1, -0.05) is 31.5 Å². The van der Waals surface area contributed by atoms with Crippen molar-refractivity contribution in [2.45, 2.75) is 32.6 Å². The Bertz CT molecular complexity index is 204. The van der Waals surface area contributed by atoms with E-state index in [-0.39, 0.29) is 5.91 Å². The van der Waals surface area contributed by atoms with Crippen molar-refractivity contribution < 1.29 is 4.79 Å². The lowest BCUT2D eigenvalue weighted by Crippen LogP contribution is -2.33. The normalized spacial score (nSPS) is 20.4. The molecule has 1 N–H and O–H groups in total. The Morgan fingerprint density at radius 3 is 3.08 bits per heavy atom. The minimum absolute atomic E-state index is 0.105. The predicted octanol–water partition coefficient (Wildman–Crippen LogP) is 1.79. The Morgan fingerprint density at radius 1 is 1.54 bits per heavy atom.